The Morgan fingerprint density at radius 2 is 1.79 bits per heavy atom. The molecule has 4 nitrogen and oxygen atoms in total. The molecule has 42 heavy (non-hydrogen) atoms. The number of nitrogens with one attached hydrogen (secondary N) is 1. The Hall–Kier alpha value is -3.00. The lowest BCUT2D eigenvalue weighted by Gasteiger charge is -2.36. The van der Waals surface area contributed by atoms with Gasteiger partial charge in [-0.15, -0.1) is 0 Å². The number of rotatable bonds is 6. The summed E-state index contributed by atoms with van der Waals surface area (Å²) in [5.74, 6) is -0.190. The van der Waals surface area contributed by atoms with E-state index in [0.717, 1.165) is 52.7 Å². The average molecular weight is 620 g/mol. The summed E-state index contributed by atoms with van der Waals surface area (Å²) in [6, 6.07) is 22.2. The van der Waals surface area contributed by atoms with Crippen LogP contribution in [-0.4, -0.2) is 37.1 Å². The van der Waals surface area contributed by atoms with Gasteiger partial charge in [-0.05, 0) is 105 Å². The van der Waals surface area contributed by atoms with E-state index in [9.17, 15) is 9.18 Å². The number of aryl methyl sites for hydroxylation is 1. The lowest BCUT2D eigenvalue weighted by Crippen LogP contribution is -2.57. The molecule has 1 unspecified atom stereocenters. The molecule has 1 saturated heterocycles. The number of pyridine rings is 1. The van der Waals surface area contributed by atoms with Crippen molar-refractivity contribution in [1.29, 1.82) is 0 Å². The first kappa shape index (κ1) is 29.1. The highest BCUT2D eigenvalue weighted by Gasteiger charge is 2.57. The number of hydrogen-bond acceptors (Lipinski definition) is 4. The van der Waals surface area contributed by atoms with Crippen molar-refractivity contribution in [2.24, 2.45) is 0 Å². The smallest absolute Gasteiger partial charge is 0.317 e. The first-order valence-corrected chi connectivity index (χ1v) is 15.6. The SMILES string of the molecule is Cc1cc(C(=O)[N+]2(C/C=C/c3ccc(Cl)cc3Cl)CC3(CCNCC3)c3cc(Sc4ccc(F)cc4)ccc32)ccn1. The van der Waals surface area contributed by atoms with Crippen LogP contribution in [0.25, 0.3) is 6.08 Å². The summed E-state index contributed by atoms with van der Waals surface area (Å²) < 4.78 is 13.7. The predicted molar refractivity (Wildman–Crippen MR) is 171 cm³/mol. The van der Waals surface area contributed by atoms with Gasteiger partial charge in [0.1, 0.15) is 24.6 Å². The second-order valence-corrected chi connectivity index (χ2v) is 13.1. The van der Waals surface area contributed by atoms with Gasteiger partial charge in [-0.25, -0.2) is 13.7 Å². The van der Waals surface area contributed by atoms with E-state index in [2.05, 4.69) is 34.6 Å². The lowest BCUT2D eigenvalue weighted by molar-refractivity contribution is 0.0759. The van der Waals surface area contributed by atoms with E-state index >= 15 is 0 Å². The Bertz CT molecular complexity index is 1670. The molecule has 2 aliphatic rings. The fraction of sp³-hybridized carbons (Fsp3) is 0.235. The third-order valence-corrected chi connectivity index (χ3v) is 9.95. The molecule has 3 aromatic carbocycles. The fourth-order valence-electron chi connectivity index (χ4n) is 6.38. The highest BCUT2D eigenvalue weighted by molar-refractivity contribution is 7.99. The Morgan fingerprint density at radius 1 is 1.02 bits per heavy atom. The van der Waals surface area contributed by atoms with Gasteiger partial charge in [0, 0.05) is 43.4 Å². The highest BCUT2D eigenvalue weighted by atomic mass is 35.5. The van der Waals surface area contributed by atoms with Gasteiger partial charge in [0.05, 0.1) is 11.0 Å². The van der Waals surface area contributed by atoms with Crippen molar-refractivity contribution in [3.8, 4) is 0 Å². The minimum Gasteiger partial charge on any atom is -0.317 e. The van der Waals surface area contributed by atoms with Gasteiger partial charge in [0.15, 0.2) is 0 Å². The number of nitrogens with zero attached hydrogens (tertiary/aromatic N) is 2. The maximum absolute atomic E-state index is 14.7. The van der Waals surface area contributed by atoms with Crippen molar-refractivity contribution < 1.29 is 9.18 Å². The van der Waals surface area contributed by atoms with Crippen LogP contribution < -0.4 is 9.80 Å². The van der Waals surface area contributed by atoms with Crippen molar-refractivity contribution in [2.75, 3.05) is 26.2 Å². The number of benzene rings is 3. The molecule has 0 bridgehead atoms. The van der Waals surface area contributed by atoms with Crippen LogP contribution in [0.4, 0.5) is 10.1 Å². The number of fused-ring (bicyclic) bond motifs is 2. The molecule has 1 atom stereocenters. The number of quaternary nitrogens is 1. The second kappa shape index (κ2) is 11.9. The quantitative estimate of drug-likeness (QED) is 0.220. The zero-order chi connectivity index (χ0) is 29.3. The Labute approximate surface area is 260 Å². The molecule has 1 N–H and O–H groups in total. The molecule has 8 heteroatoms. The summed E-state index contributed by atoms with van der Waals surface area (Å²) in [6.45, 7) is 4.86. The summed E-state index contributed by atoms with van der Waals surface area (Å²) in [5.41, 5.74) is 4.43. The molecule has 2 aliphatic heterocycles. The Kier molecular flexibility index (Phi) is 8.27. The Balaban J connectivity index is 1.46. The van der Waals surface area contributed by atoms with Gasteiger partial charge in [-0.2, -0.15) is 0 Å². The molecule has 0 aliphatic carbocycles. The van der Waals surface area contributed by atoms with E-state index in [1.54, 1.807) is 36.2 Å². The molecule has 1 spiro atoms. The van der Waals surface area contributed by atoms with Crippen LogP contribution in [0.15, 0.2) is 94.9 Å². The van der Waals surface area contributed by atoms with E-state index in [1.165, 1.54) is 17.7 Å². The molecule has 6 rings (SSSR count). The van der Waals surface area contributed by atoms with Crippen molar-refractivity contribution in [2.45, 2.75) is 35.0 Å². The van der Waals surface area contributed by atoms with Crippen LogP contribution in [0.2, 0.25) is 10.0 Å². The summed E-state index contributed by atoms with van der Waals surface area (Å²) >= 11 is 14.2. The third kappa shape index (κ3) is 5.67. The molecule has 3 heterocycles. The topological polar surface area (TPSA) is 42.0 Å². The van der Waals surface area contributed by atoms with Crippen LogP contribution in [-0.2, 0) is 5.41 Å². The number of piperidine rings is 1. The number of aromatic nitrogens is 1. The first-order chi connectivity index (χ1) is 20.3. The summed E-state index contributed by atoms with van der Waals surface area (Å²) in [7, 11) is 0. The van der Waals surface area contributed by atoms with Crippen LogP contribution in [0.5, 0.6) is 0 Å². The number of carbonyl (C=O) groups is 1. The monoisotopic (exact) mass is 618 g/mol. The normalized spacial score (nSPS) is 19.3. The maximum atomic E-state index is 14.7. The van der Waals surface area contributed by atoms with Crippen molar-refractivity contribution >= 4 is 52.6 Å². The van der Waals surface area contributed by atoms with E-state index in [1.807, 2.05) is 37.3 Å². The van der Waals surface area contributed by atoms with Crippen molar-refractivity contribution in [1.82, 2.24) is 14.8 Å². The largest absolute Gasteiger partial charge is 0.351 e. The molecular formula is C34H31Cl2FN3OS+. The van der Waals surface area contributed by atoms with Gasteiger partial charge in [-0.1, -0.05) is 47.1 Å². The van der Waals surface area contributed by atoms with Gasteiger partial charge in [0.25, 0.3) is 0 Å². The van der Waals surface area contributed by atoms with Gasteiger partial charge < -0.3 is 5.32 Å². The highest BCUT2D eigenvalue weighted by Crippen LogP contribution is 2.52. The molecule has 0 radical (unpaired) electrons. The molecule has 1 fully saturated rings. The van der Waals surface area contributed by atoms with Gasteiger partial charge >= 0.3 is 5.91 Å². The number of halogens is 3. The zero-order valence-corrected chi connectivity index (χ0v) is 25.6. The molecule has 1 aromatic heterocycles. The van der Waals surface area contributed by atoms with Crippen LogP contribution in [0, 0.1) is 12.7 Å². The van der Waals surface area contributed by atoms with Crippen LogP contribution in [0.1, 0.15) is 40.0 Å². The van der Waals surface area contributed by atoms with E-state index in [-0.39, 0.29) is 21.6 Å². The lowest BCUT2D eigenvalue weighted by atomic mass is 9.75. The van der Waals surface area contributed by atoms with E-state index < -0.39 is 0 Å². The maximum Gasteiger partial charge on any atom is 0.351 e. The van der Waals surface area contributed by atoms with Crippen molar-refractivity contribution in [3.05, 3.63) is 123 Å². The summed E-state index contributed by atoms with van der Waals surface area (Å²) in [5, 5.41) is 4.67. The number of carbonyl (C=O) groups excluding carboxylic acids is 1. The molecular weight excluding hydrogens is 588 g/mol. The van der Waals surface area contributed by atoms with Crippen LogP contribution in [0.3, 0.4) is 0 Å². The third-order valence-electron chi connectivity index (χ3n) is 8.39. The molecule has 4 aromatic rings. The summed E-state index contributed by atoms with van der Waals surface area (Å²) in [4.78, 5) is 21.1. The molecule has 1 amide bonds. The van der Waals surface area contributed by atoms with Gasteiger partial charge in [-0.3, -0.25) is 4.98 Å². The summed E-state index contributed by atoms with van der Waals surface area (Å²) in [6.07, 6.45) is 7.64. The zero-order valence-electron chi connectivity index (χ0n) is 23.2. The second-order valence-electron chi connectivity index (χ2n) is 11.1. The predicted octanol–water partition coefficient (Wildman–Crippen LogP) is 8.48. The minimum atomic E-state index is -0.248. The molecule has 214 valence electrons. The Morgan fingerprint density at radius 3 is 2.52 bits per heavy atom. The van der Waals surface area contributed by atoms with E-state index in [4.69, 9.17) is 23.2 Å². The average Bonchev–Trinajstić information content (AvgIpc) is 3.24. The van der Waals surface area contributed by atoms with Gasteiger partial charge in [0.2, 0.25) is 0 Å². The standard InChI is InChI=1S/C34H31Cl2FN3OS/c1-23-19-25(12-15-39-23)33(41)40(18-2-3-24-4-5-26(35)20-31(24)36)22-34(13-16-38-17-14-34)30-21-29(10-11-32(30)40)42-28-8-6-27(37)7-9-28/h2-12,15,19-21,38H,13-14,16-18,22H2,1H3/q+1/b3-2+. The fourth-order valence-corrected chi connectivity index (χ4v) is 7.71. The number of amides is 1. The minimum absolute atomic E-state index is 0.0583. The van der Waals surface area contributed by atoms with E-state index in [0.29, 0.717) is 28.7 Å². The van der Waals surface area contributed by atoms with Crippen molar-refractivity contribution in [3.63, 3.8) is 0 Å². The van der Waals surface area contributed by atoms with Crippen LogP contribution >= 0.6 is 35.0 Å². The number of hydrogen-bond donors (Lipinski definition) is 1. The first-order valence-electron chi connectivity index (χ1n) is 14.0. The molecule has 0 saturated carbocycles.